The number of primary sulfonamides is 1. The molecule has 0 saturated carbocycles. The van der Waals surface area contributed by atoms with Crippen molar-refractivity contribution in [2.75, 3.05) is 0 Å². The molecule has 1 radical (unpaired) electrons. The summed E-state index contributed by atoms with van der Waals surface area (Å²) in [6.45, 7) is 3.36. The van der Waals surface area contributed by atoms with E-state index in [9.17, 15) is 27.9 Å². The minimum absolute atomic E-state index is 0.0723. The number of para-hydroxylation sites is 1. The maximum Gasteiger partial charge on any atom is 0.343 e. The van der Waals surface area contributed by atoms with Crippen LogP contribution in [0.1, 0.15) is 63.6 Å². The highest BCUT2D eigenvalue weighted by atomic mass is 32.2. The van der Waals surface area contributed by atoms with Gasteiger partial charge in [0, 0.05) is 11.5 Å². The number of fused-ring (bicyclic) bond motifs is 2. The van der Waals surface area contributed by atoms with Gasteiger partial charge in [0.05, 0.1) is 27.0 Å². The monoisotopic (exact) mass is 531 g/mol. The lowest BCUT2D eigenvalue weighted by Gasteiger charge is -2.26. The van der Waals surface area contributed by atoms with Crippen LogP contribution in [0.5, 0.6) is 5.75 Å². The number of carbonyl (C=O) groups excluding carboxylic acids is 2. The third kappa shape index (κ3) is 3.80. The van der Waals surface area contributed by atoms with E-state index in [0.717, 1.165) is 0 Å². The molecule has 0 spiro atoms. The lowest BCUT2D eigenvalue weighted by molar-refractivity contribution is 0.0872. The van der Waals surface area contributed by atoms with Crippen LogP contribution in [0, 0.1) is 0 Å². The molecule has 0 aliphatic carbocycles. The third-order valence-electron chi connectivity index (χ3n) is 6.85. The molecular weight excluding hydrogens is 508 g/mol. The zero-order valence-corrected chi connectivity index (χ0v) is 21.3. The first kappa shape index (κ1) is 25.4. The predicted octanol–water partition coefficient (Wildman–Crippen LogP) is 3.82. The summed E-state index contributed by atoms with van der Waals surface area (Å²) < 4.78 is 31.7. The molecular formula is C28H23N2O7S. The smallest absolute Gasteiger partial charge is 0.343 e. The largest absolute Gasteiger partial charge is 0.507 e. The SMILES string of the molecule is CCc1c2c(c(C(CC)c3c(O)c4ccccc4oc3=O)c(-c3ccccc3)c1S(N)(=O)=O)C(=O)[N]C2=O. The fourth-order valence-electron chi connectivity index (χ4n) is 5.36. The Bertz CT molecular complexity index is 1810. The molecule has 2 heterocycles. The summed E-state index contributed by atoms with van der Waals surface area (Å²) in [5.41, 5.74) is -0.471. The van der Waals surface area contributed by atoms with Crippen LogP contribution in [0.15, 0.2) is 68.7 Å². The highest BCUT2D eigenvalue weighted by molar-refractivity contribution is 7.89. The van der Waals surface area contributed by atoms with Crippen LogP contribution in [0.3, 0.4) is 0 Å². The average Bonchev–Trinajstić information content (AvgIpc) is 3.19. The second kappa shape index (κ2) is 9.23. The Hall–Kier alpha value is -4.28. The van der Waals surface area contributed by atoms with Crippen molar-refractivity contribution in [3.8, 4) is 16.9 Å². The molecule has 1 aliphatic heterocycles. The highest BCUT2D eigenvalue weighted by Gasteiger charge is 2.42. The van der Waals surface area contributed by atoms with Gasteiger partial charge in [-0.2, -0.15) is 5.32 Å². The van der Waals surface area contributed by atoms with Crippen molar-refractivity contribution in [1.82, 2.24) is 5.32 Å². The zero-order chi connectivity index (χ0) is 27.4. The number of amides is 2. The average molecular weight is 532 g/mol. The third-order valence-corrected chi connectivity index (χ3v) is 7.87. The lowest BCUT2D eigenvalue weighted by atomic mass is 9.78. The fourth-order valence-corrected chi connectivity index (χ4v) is 6.46. The Balaban J connectivity index is 2.03. The van der Waals surface area contributed by atoms with E-state index in [-0.39, 0.29) is 67.8 Å². The number of hydrogen-bond donors (Lipinski definition) is 2. The van der Waals surface area contributed by atoms with Crippen molar-refractivity contribution >= 4 is 32.8 Å². The summed E-state index contributed by atoms with van der Waals surface area (Å²) in [4.78, 5) is 39.1. The minimum Gasteiger partial charge on any atom is -0.507 e. The number of sulfonamides is 1. The number of nitrogens with zero attached hydrogens (tertiary/aromatic N) is 1. The molecule has 4 aromatic rings. The number of imide groups is 1. The molecule has 3 aromatic carbocycles. The van der Waals surface area contributed by atoms with Gasteiger partial charge in [-0.1, -0.05) is 56.3 Å². The van der Waals surface area contributed by atoms with Gasteiger partial charge in [-0.05, 0) is 41.7 Å². The molecule has 1 aromatic heterocycles. The molecule has 0 bridgehead atoms. The Kier molecular flexibility index (Phi) is 6.16. The fraction of sp³-hybridized carbons (Fsp3) is 0.179. The second-order valence-electron chi connectivity index (χ2n) is 8.94. The van der Waals surface area contributed by atoms with E-state index in [1.54, 1.807) is 62.4 Å². The van der Waals surface area contributed by atoms with Gasteiger partial charge in [0.2, 0.25) is 10.0 Å². The van der Waals surface area contributed by atoms with Crippen LogP contribution in [0.2, 0.25) is 0 Å². The lowest BCUT2D eigenvalue weighted by Crippen LogP contribution is -2.23. The summed E-state index contributed by atoms with van der Waals surface area (Å²) in [6.07, 6.45) is 0.211. The molecule has 3 N–H and O–H groups in total. The Labute approximate surface area is 218 Å². The topological polar surface area (TPSA) is 159 Å². The Morgan fingerprint density at radius 1 is 0.895 bits per heavy atom. The summed E-state index contributed by atoms with van der Waals surface area (Å²) in [7, 11) is -4.46. The molecule has 1 atom stereocenters. The van der Waals surface area contributed by atoms with Gasteiger partial charge >= 0.3 is 5.63 Å². The molecule has 5 rings (SSSR count). The first-order chi connectivity index (χ1) is 18.1. The maximum atomic E-state index is 13.3. The molecule has 2 amide bonds. The van der Waals surface area contributed by atoms with Crippen molar-refractivity contribution < 1.29 is 27.5 Å². The van der Waals surface area contributed by atoms with Crippen molar-refractivity contribution in [1.29, 1.82) is 0 Å². The van der Waals surface area contributed by atoms with Gasteiger partial charge in [-0.25, -0.2) is 18.4 Å². The van der Waals surface area contributed by atoms with Crippen LogP contribution in [0.25, 0.3) is 22.1 Å². The van der Waals surface area contributed by atoms with Gasteiger partial charge in [0.25, 0.3) is 11.8 Å². The van der Waals surface area contributed by atoms with Gasteiger partial charge in [0.1, 0.15) is 11.3 Å². The molecule has 1 unspecified atom stereocenters. The summed E-state index contributed by atoms with van der Waals surface area (Å²) in [6, 6.07) is 14.8. The predicted molar refractivity (Wildman–Crippen MR) is 140 cm³/mol. The van der Waals surface area contributed by atoms with Crippen molar-refractivity contribution in [2.24, 2.45) is 5.14 Å². The van der Waals surface area contributed by atoms with Crippen molar-refractivity contribution in [3.63, 3.8) is 0 Å². The van der Waals surface area contributed by atoms with Crippen LogP contribution in [-0.2, 0) is 16.4 Å². The zero-order valence-electron chi connectivity index (χ0n) is 20.5. The minimum atomic E-state index is -4.46. The number of nitrogens with two attached hydrogens (primary N) is 1. The Morgan fingerprint density at radius 3 is 2.16 bits per heavy atom. The second-order valence-corrected chi connectivity index (χ2v) is 10.4. The first-order valence-electron chi connectivity index (χ1n) is 12.0. The van der Waals surface area contributed by atoms with E-state index >= 15 is 0 Å². The number of hydrogen-bond acceptors (Lipinski definition) is 7. The number of benzene rings is 3. The molecule has 9 nitrogen and oxygen atoms in total. The van der Waals surface area contributed by atoms with Gasteiger partial charge in [0.15, 0.2) is 0 Å². The first-order valence-corrected chi connectivity index (χ1v) is 13.5. The molecule has 193 valence electrons. The number of aromatic hydroxyl groups is 1. The standard InChI is InChI=1S/C28H23N2O7S/c1-3-15(22-24(31)17-12-8-9-13-18(17)37-28(22)34)20-19(14-10-6-5-7-11-14)25(38(29,35)36)16(4-2)21-23(20)27(33)30-26(21)32/h5-13,15,31H,3-4H2,1-2H3,(H2,29,35,36). The van der Waals surface area contributed by atoms with Crippen LogP contribution in [0.4, 0.5) is 0 Å². The summed E-state index contributed by atoms with van der Waals surface area (Å²) in [5, 5.41) is 20.9. The molecule has 10 heteroatoms. The van der Waals surface area contributed by atoms with E-state index < -0.39 is 33.4 Å². The van der Waals surface area contributed by atoms with Crippen molar-refractivity contribution in [3.05, 3.63) is 92.8 Å². The molecule has 0 saturated heterocycles. The van der Waals surface area contributed by atoms with Crippen molar-refractivity contribution in [2.45, 2.75) is 37.5 Å². The molecule has 38 heavy (non-hydrogen) atoms. The number of rotatable bonds is 6. The number of carbonyl (C=O) groups is 2. The maximum absolute atomic E-state index is 13.3. The van der Waals surface area contributed by atoms with Gasteiger partial charge < -0.3 is 9.52 Å². The summed E-state index contributed by atoms with van der Waals surface area (Å²) >= 11 is 0. The van der Waals surface area contributed by atoms with Crippen LogP contribution >= 0.6 is 0 Å². The molecule has 0 fully saturated rings. The van der Waals surface area contributed by atoms with Crippen LogP contribution < -0.4 is 16.1 Å². The van der Waals surface area contributed by atoms with Gasteiger partial charge in [-0.15, -0.1) is 0 Å². The van der Waals surface area contributed by atoms with E-state index in [1.807, 2.05) is 0 Å². The van der Waals surface area contributed by atoms with E-state index in [2.05, 4.69) is 5.32 Å². The van der Waals surface area contributed by atoms with Gasteiger partial charge in [-0.3, -0.25) is 9.59 Å². The highest BCUT2D eigenvalue weighted by Crippen LogP contribution is 2.47. The van der Waals surface area contributed by atoms with E-state index in [4.69, 9.17) is 9.56 Å². The summed E-state index contributed by atoms with van der Waals surface area (Å²) in [5.74, 6) is -3.13. The quantitative estimate of drug-likeness (QED) is 0.283. The Morgan fingerprint density at radius 2 is 1.53 bits per heavy atom. The van der Waals surface area contributed by atoms with E-state index in [0.29, 0.717) is 5.56 Å². The van der Waals surface area contributed by atoms with E-state index in [1.165, 1.54) is 6.07 Å². The van der Waals surface area contributed by atoms with Crippen LogP contribution in [-0.4, -0.2) is 25.3 Å². The molecule has 1 aliphatic rings. The normalized spacial score (nSPS) is 14.0.